The molecule has 2 heterocycles. The molecule has 0 unspecified atom stereocenters. The summed E-state index contributed by atoms with van der Waals surface area (Å²) in [7, 11) is 0. The molecule has 0 saturated heterocycles. The predicted octanol–water partition coefficient (Wildman–Crippen LogP) is 4.12. The van der Waals surface area contributed by atoms with Crippen molar-refractivity contribution in [2.24, 2.45) is 5.11 Å². The summed E-state index contributed by atoms with van der Waals surface area (Å²) < 4.78 is 16.6. The minimum Gasteiger partial charge on any atom is -0.383 e. The Labute approximate surface area is 185 Å². The van der Waals surface area contributed by atoms with Crippen LogP contribution in [0.15, 0.2) is 41.8 Å². The maximum absolute atomic E-state index is 14.7. The number of nitrogens with two attached hydrogens (primary N) is 1. The summed E-state index contributed by atoms with van der Waals surface area (Å²) in [6.07, 6.45) is 3.27. The molecule has 0 aliphatic heterocycles. The predicted molar refractivity (Wildman–Crippen MR) is 118 cm³/mol. The van der Waals surface area contributed by atoms with Gasteiger partial charge in [-0.2, -0.15) is 15.5 Å². The standard InChI is InChI=1S/C22H24FN9/c1-13-14(10-24)6-5-7-16(13)21-28-19(18(23)20(25)29-21)17(30-26)12-27-11-15-8-9-32(31-15)22(2,3)4/h5-9,12,26-27H,11H2,1-4H3,(H2,25,28,29)/b17-12-,30-26?. The maximum Gasteiger partial charge on any atom is 0.193 e. The molecule has 3 aromatic rings. The molecule has 0 bridgehead atoms. The van der Waals surface area contributed by atoms with E-state index in [2.05, 4.69) is 31.6 Å². The van der Waals surface area contributed by atoms with Crippen molar-refractivity contribution >= 4 is 11.5 Å². The zero-order valence-corrected chi connectivity index (χ0v) is 18.3. The zero-order chi connectivity index (χ0) is 23.5. The minimum atomic E-state index is -0.871. The molecule has 10 heteroatoms. The van der Waals surface area contributed by atoms with Crippen LogP contribution in [0.5, 0.6) is 0 Å². The quantitative estimate of drug-likeness (QED) is 0.499. The van der Waals surface area contributed by atoms with Crippen LogP contribution in [-0.2, 0) is 12.1 Å². The highest BCUT2D eigenvalue weighted by molar-refractivity contribution is 5.69. The number of anilines is 1. The van der Waals surface area contributed by atoms with Crippen molar-refractivity contribution < 1.29 is 4.39 Å². The summed E-state index contributed by atoms with van der Waals surface area (Å²) in [6, 6.07) is 9.04. The number of rotatable bonds is 6. The van der Waals surface area contributed by atoms with E-state index in [1.54, 1.807) is 25.1 Å². The second kappa shape index (κ2) is 8.93. The number of hydrogen-bond acceptors (Lipinski definition) is 8. The van der Waals surface area contributed by atoms with Crippen molar-refractivity contribution in [3.05, 3.63) is 65.0 Å². The fourth-order valence-corrected chi connectivity index (χ4v) is 2.99. The van der Waals surface area contributed by atoms with Gasteiger partial charge in [-0.15, -0.1) is 0 Å². The van der Waals surface area contributed by atoms with Crippen LogP contribution in [0.4, 0.5) is 10.2 Å². The molecule has 0 amide bonds. The molecule has 0 spiro atoms. The fraction of sp³-hybridized carbons (Fsp3) is 0.273. The van der Waals surface area contributed by atoms with Crippen LogP contribution < -0.4 is 11.1 Å². The lowest BCUT2D eigenvalue weighted by Crippen LogP contribution is -2.22. The average Bonchev–Trinajstić information content (AvgIpc) is 3.23. The van der Waals surface area contributed by atoms with E-state index >= 15 is 0 Å². The number of nitrogen functional groups attached to an aromatic ring is 1. The van der Waals surface area contributed by atoms with Gasteiger partial charge in [0.15, 0.2) is 17.5 Å². The van der Waals surface area contributed by atoms with Gasteiger partial charge in [0.2, 0.25) is 0 Å². The van der Waals surface area contributed by atoms with Crippen molar-refractivity contribution in [3.63, 3.8) is 0 Å². The van der Waals surface area contributed by atoms with E-state index in [0.717, 1.165) is 5.69 Å². The first-order valence-electron chi connectivity index (χ1n) is 9.85. The number of halogens is 1. The van der Waals surface area contributed by atoms with Crippen LogP contribution in [0.3, 0.4) is 0 Å². The van der Waals surface area contributed by atoms with Gasteiger partial charge in [-0.05, 0) is 45.4 Å². The molecule has 9 nitrogen and oxygen atoms in total. The third-order valence-corrected chi connectivity index (χ3v) is 4.79. The van der Waals surface area contributed by atoms with Gasteiger partial charge >= 0.3 is 0 Å². The summed E-state index contributed by atoms with van der Waals surface area (Å²) in [5, 5.41) is 20.2. The third kappa shape index (κ3) is 4.62. The summed E-state index contributed by atoms with van der Waals surface area (Å²) >= 11 is 0. The summed E-state index contributed by atoms with van der Waals surface area (Å²) in [4.78, 5) is 8.28. The monoisotopic (exact) mass is 433 g/mol. The van der Waals surface area contributed by atoms with Crippen LogP contribution >= 0.6 is 0 Å². The van der Waals surface area contributed by atoms with Gasteiger partial charge in [-0.1, -0.05) is 12.1 Å². The first-order chi connectivity index (χ1) is 15.2. The van der Waals surface area contributed by atoms with E-state index in [4.69, 9.17) is 11.3 Å². The Balaban J connectivity index is 1.92. The second-order valence-electron chi connectivity index (χ2n) is 8.13. The molecule has 0 aliphatic rings. The topological polar surface area (TPSA) is 142 Å². The lowest BCUT2D eigenvalue weighted by Gasteiger charge is -2.18. The van der Waals surface area contributed by atoms with Crippen molar-refractivity contribution in [1.29, 1.82) is 10.8 Å². The molecule has 0 fully saturated rings. The van der Waals surface area contributed by atoms with Crippen LogP contribution in [0.2, 0.25) is 0 Å². The molecular formula is C22H24FN9. The van der Waals surface area contributed by atoms with Gasteiger partial charge in [-0.3, -0.25) is 4.68 Å². The molecule has 0 saturated carbocycles. The van der Waals surface area contributed by atoms with E-state index in [0.29, 0.717) is 23.2 Å². The van der Waals surface area contributed by atoms with Gasteiger partial charge in [0.25, 0.3) is 0 Å². The molecule has 2 aromatic heterocycles. The van der Waals surface area contributed by atoms with Crippen molar-refractivity contribution in [2.45, 2.75) is 39.8 Å². The van der Waals surface area contributed by atoms with Crippen LogP contribution in [0.1, 0.15) is 43.3 Å². The van der Waals surface area contributed by atoms with E-state index < -0.39 is 5.82 Å². The average molecular weight is 433 g/mol. The molecule has 0 radical (unpaired) electrons. The number of aromatic nitrogens is 4. The molecule has 32 heavy (non-hydrogen) atoms. The molecule has 164 valence electrons. The highest BCUT2D eigenvalue weighted by Crippen LogP contribution is 2.27. The SMILES string of the molecule is Cc1c(C#N)cccc1-c1nc(N)c(F)c(/C(=C/NCc2ccn(C(C)(C)C)n2)N=N)n1. The second-order valence-corrected chi connectivity index (χ2v) is 8.13. The van der Waals surface area contributed by atoms with Gasteiger partial charge in [0, 0.05) is 18.0 Å². The van der Waals surface area contributed by atoms with Crippen molar-refractivity contribution in [3.8, 4) is 17.5 Å². The molecule has 0 aliphatic carbocycles. The van der Waals surface area contributed by atoms with Crippen molar-refractivity contribution in [1.82, 2.24) is 25.1 Å². The summed E-state index contributed by atoms with van der Waals surface area (Å²) in [5.41, 5.74) is 15.3. The van der Waals surface area contributed by atoms with E-state index in [9.17, 15) is 9.65 Å². The molecular weight excluding hydrogens is 409 g/mol. The normalized spacial score (nSPS) is 11.8. The van der Waals surface area contributed by atoms with Gasteiger partial charge in [-0.25, -0.2) is 19.9 Å². The lowest BCUT2D eigenvalue weighted by molar-refractivity contribution is 0.353. The first-order valence-corrected chi connectivity index (χ1v) is 9.85. The van der Waals surface area contributed by atoms with Crippen LogP contribution in [0.25, 0.3) is 17.1 Å². The largest absolute Gasteiger partial charge is 0.383 e. The summed E-state index contributed by atoms with van der Waals surface area (Å²) in [6.45, 7) is 8.23. The van der Waals surface area contributed by atoms with Gasteiger partial charge < -0.3 is 11.1 Å². The van der Waals surface area contributed by atoms with Crippen molar-refractivity contribution in [2.75, 3.05) is 5.73 Å². The lowest BCUT2D eigenvalue weighted by atomic mass is 10.0. The Morgan fingerprint density at radius 3 is 2.72 bits per heavy atom. The van der Waals surface area contributed by atoms with Crippen LogP contribution in [0, 0.1) is 29.6 Å². The Hall–Kier alpha value is -4.13. The minimum absolute atomic E-state index is 0.0535. The molecule has 1 aromatic carbocycles. The Morgan fingerprint density at radius 2 is 2.09 bits per heavy atom. The van der Waals surface area contributed by atoms with E-state index in [-0.39, 0.29) is 28.6 Å². The third-order valence-electron chi connectivity index (χ3n) is 4.79. The number of nitrogens with zero attached hydrogens (tertiary/aromatic N) is 6. The first kappa shape index (κ1) is 22.6. The zero-order valence-electron chi connectivity index (χ0n) is 18.3. The molecule has 0 atom stereocenters. The number of hydrogen-bond donors (Lipinski definition) is 3. The number of nitrogens with one attached hydrogen (secondary N) is 2. The Kier molecular flexibility index (Phi) is 6.30. The smallest absolute Gasteiger partial charge is 0.193 e. The van der Waals surface area contributed by atoms with Crippen LogP contribution in [-0.4, -0.2) is 19.7 Å². The van der Waals surface area contributed by atoms with E-state index in [1.807, 2.05) is 37.7 Å². The van der Waals surface area contributed by atoms with Gasteiger partial charge in [0.05, 0.1) is 29.4 Å². The Morgan fingerprint density at radius 1 is 1.34 bits per heavy atom. The fourth-order valence-electron chi connectivity index (χ4n) is 2.99. The number of benzene rings is 1. The maximum atomic E-state index is 14.7. The molecule has 4 N–H and O–H groups in total. The van der Waals surface area contributed by atoms with E-state index in [1.165, 1.54) is 6.20 Å². The highest BCUT2D eigenvalue weighted by atomic mass is 19.1. The number of nitriles is 1. The molecule has 3 rings (SSSR count). The summed E-state index contributed by atoms with van der Waals surface area (Å²) in [5.74, 6) is -1.10. The highest BCUT2D eigenvalue weighted by Gasteiger charge is 2.19. The van der Waals surface area contributed by atoms with Gasteiger partial charge in [0.1, 0.15) is 11.4 Å². The Bertz CT molecular complexity index is 1230.